The Morgan fingerprint density at radius 1 is 0.936 bits per heavy atom. The Labute approximate surface area is 289 Å². The zero-order valence-electron chi connectivity index (χ0n) is 31.7. The summed E-state index contributed by atoms with van der Waals surface area (Å²) in [6, 6.07) is 0. The first-order valence-corrected chi connectivity index (χ1v) is 23.7. The molecule has 0 radical (unpaired) electrons. The van der Waals surface area contributed by atoms with Crippen molar-refractivity contribution < 1.29 is 27.9 Å². The Bertz CT molecular complexity index is 1190. The molecule has 0 aromatic rings. The molecule has 0 bridgehead atoms. The molecular formula is C39H66O6Si2. The quantitative estimate of drug-likeness (QED) is 0.109. The van der Waals surface area contributed by atoms with Crippen molar-refractivity contribution in [1.29, 1.82) is 0 Å². The van der Waals surface area contributed by atoms with Gasteiger partial charge in [-0.2, -0.15) is 0 Å². The van der Waals surface area contributed by atoms with E-state index in [1.807, 2.05) is 6.92 Å². The minimum Gasteiger partial charge on any atom is -0.462 e. The van der Waals surface area contributed by atoms with Crippen LogP contribution in [-0.2, 0) is 27.9 Å². The third-order valence-corrected chi connectivity index (χ3v) is 20.9. The van der Waals surface area contributed by atoms with Crippen molar-refractivity contribution in [1.82, 2.24) is 0 Å². The zero-order chi connectivity index (χ0) is 35.6. The number of rotatable bonds is 13. The number of ether oxygens (including phenoxy) is 2. The average Bonchev–Trinajstić information content (AvgIpc) is 2.91. The molecule has 0 N–H and O–H groups in total. The average molecular weight is 687 g/mol. The molecule has 3 aliphatic rings. The molecule has 7 atom stereocenters. The van der Waals surface area contributed by atoms with Gasteiger partial charge in [0, 0.05) is 18.8 Å². The monoisotopic (exact) mass is 686 g/mol. The highest BCUT2D eigenvalue weighted by molar-refractivity contribution is 6.74. The van der Waals surface area contributed by atoms with Crippen LogP contribution >= 0.6 is 0 Å². The Morgan fingerprint density at radius 2 is 1.51 bits per heavy atom. The Morgan fingerprint density at radius 3 is 2.06 bits per heavy atom. The number of carbonyl (C=O) groups excluding carboxylic acids is 2. The molecule has 2 aliphatic carbocycles. The first-order chi connectivity index (χ1) is 21.5. The van der Waals surface area contributed by atoms with Crippen LogP contribution in [0, 0.1) is 23.2 Å². The van der Waals surface area contributed by atoms with Gasteiger partial charge in [-0.05, 0) is 86.3 Å². The molecule has 0 aromatic heterocycles. The maximum atomic E-state index is 13.9. The van der Waals surface area contributed by atoms with Gasteiger partial charge in [-0.15, -0.1) is 13.2 Å². The fourth-order valence-corrected chi connectivity index (χ4v) is 9.50. The summed E-state index contributed by atoms with van der Waals surface area (Å²) in [7, 11) is -4.11. The molecule has 6 nitrogen and oxygen atoms in total. The van der Waals surface area contributed by atoms with Crippen LogP contribution in [-0.4, -0.2) is 53.0 Å². The van der Waals surface area contributed by atoms with Crippen LogP contribution in [0.3, 0.4) is 0 Å². The van der Waals surface area contributed by atoms with Crippen molar-refractivity contribution >= 4 is 28.6 Å². The standard InChI is InChI=1S/C39H66O6Si2/c1-15-21-39(10,22-16-2)36(41)43-33-25-30(44-46(11,12)37(4,5)6)23-28-18-17-27(3)32(35(28)33)20-19-29-24-31(26-34(40)42-29)45-47(13,14)38(7,8)9/h15-18,23,27,29-33,35H,1-2,19-22,24-26H2,3-14H3. The molecule has 1 fully saturated rings. The Kier molecular flexibility index (Phi) is 12.7. The lowest BCUT2D eigenvalue weighted by atomic mass is 9.66. The Hall–Kier alpha value is -1.75. The summed E-state index contributed by atoms with van der Waals surface area (Å²) in [5, 5.41) is 0.132. The van der Waals surface area contributed by atoms with Crippen molar-refractivity contribution in [3.05, 3.63) is 49.1 Å². The molecule has 3 rings (SSSR count). The molecule has 8 heteroatoms. The highest BCUT2D eigenvalue weighted by Gasteiger charge is 2.47. The predicted molar refractivity (Wildman–Crippen MR) is 198 cm³/mol. The van der Waals surface area contributed by atoms with Crippen molar-refractivity contribution in [2.75, 3.05) is 0 Å². The minimum atomic E-state index is -2.08. The van der Waals surface area contributed by atoms with Gasteiger partial charge in [0.05, 0.1) is 24.0 Å². The highest BCUT2D eigenvalue weighted by Crippen LogP contribution is 2.47. The van der Waals surface area contributed by atoms with Crippen molar-refractivity contribution in [3.8, 4) is 0 Å². The van der Waals surface area contributed by atoms with Gasteiger partial charge in [0.15, 0.2) is 16.6 Å². The van der Waals surface area contributed by atoms with Gasteiger partial charge in [-0.3, -0.25) is 9.59 Å². The van der Waals surface area contributed by atoms with Crippen LogP contribution in [0.5, 0.6) is 0 Å². The molecule has 1 saturated heterocycles. The van der Waals surface area contributed by atoms with Gasteiger partial charge in [-0.1, -0.05) is 78.8 Å². The Balaban J connectivity index is 1.89. The summed E-state index contributed by atoms with van der Waals surface area (Å²) < 4.78 is 26.1. The molecule has 1 heterocycles. The van der Waals surface area contributed by atoms with E-state index in [2.05, 4.69) is 106 Å². The number of allylic oxidation sites excluding steroid dienone is 4. The van der Waals surface area contributed by atoms with Crippen molar-refractivity contribution in [3.63, 3.8) is 0 Å². The molecule has 7 unspecified atom stereocenters. The van der Waals surface area contributed by atoms with E-state index in [9.17, 15) is 9.59 Å². The SMILES string of the molecule is C=CCC(C)(CC=C)C(=O)OC1CC(O[Si](C)(C)C(C)(C)C)C=C2C=CC(C)C(CCC3CC(O[Si](C)(C)C(C)(C)C)CC(=O)O3)C21. The molecule has 266 valence electrons. The maximum absolute atomic E-state index is 13.9. The summed E-state index contributed by atoms with van der Waals surface area (Å²) in [6.45, 7) is 34.5. The third-order valence-electron chi connectivity index (χ3n) is 11.9. The van der Waals surface area contributed by atoms with Gasteiger partial charge in [0.1, 0.15) is 12.2 Å². The lowest BCUT2D eigenvalue weighted by Crippen LogP contribution is -2.49. The zero-order valence-corrected chi connectivity index (χ0v) is 33.7. The van der Waals surface area contributed by atoms with Gasteiger partial charge in [0.2, 0.25) is 0 Å². The summed E-state index contributed by atoms with van der Waals surface area (Å²) in [4.78, 5) is 26.7. The molecular weight excluding hydrogens is 621 g/mol. The molecule has 47 heavy (non-hydrogen) atoms. The van der Waals surface area contributed by atoms with Gasteiger partial charge in [-0.25, -0.2) is 0 Å². The first kappa shape index (κ1) is 39.7. The first-order valence-electron chi connectivity index (χ1n) is 17.9. The smallest absolute Gasteiger partial charge is 0.312 e. The van der Waals surface area contributed by atoms with Crippen LogP contribution < -0.4 is 0 Å². The fourth-order valence-electron chi connectivity index (χ4n) is 6.86. The van der Waals surface area contributed by atoms with Gasteiger partial charge in [0.25, 0.3) is 0 Å². The largest absolute Gasteiger partial charge is 0.462 e. The number of esters is 2. The van der Waals surface area contributed by atoms with Crippen molar-refractivity contribution in [2.45, 2.75) is 161 Å². The maximum Gasteiger partial charge on any atom is 0.312 e. The summed E-state index contributed by atoms with van der Waals surface area (Å²) in [5.41, 5.74) is 0.469. The van der Waals surface area contributed by atoms with E-state index in [0.717, 1.165) is 19.3 Å². The summed E-state index contributed by atoms with van der Waals surface area (Å²) >= 11 is 0. The summed E-state index contributed by atoms with van der Waals surface area (Å²) in [5.74, 6) is 0.169. The van der Waals surface area contributed by atoms with E-state index < -0.39 is 22.0 Å². The molecule has 0 saturated carbocycles. The highest BCUT2D eigenvalue weighted by atomic mass is 28.4. The normalized spacial score (nSPS) is 29.0. The lowest BCUT2D eigenvalue weighted by molar-refractivity contribution is -0.167. The lowest BCUT2D eigenvalue weighted by Gasteiger charge is -2.46. The molecule has 0 spiro atoms. The number of hydrogen-bond donors (Lipinski definition) is 0. The number of fused-ring (bicyclic) bond motifs is 1. The van der Waals surface area contributed by atoms with E-state index in [-0.39, 0.29) is 64.2 Å². The van der Waals surface area contributed by atoms with E-state index in [1.165, 1.54) is 5.57 Å². The topological polar surface area (TPSA) is 71.1 Å². The van der Waals surface area contributed by atoms with Crippen LogP contribution in [0.25, 0.3) is 0 Å². The van der Waals surface area contributed by atoms with Crippen LogP contribution in [0.1, 0.15) is 100 Å². The number of cyclic esters (lactones) is 1. The van der Waals surface area contributed by atoms with Gasteiger partial charge < -0.3 is 18.3 Å². The molecule has 0 amide bonds. The second kappa shape index (κ2) is 15.0. The number of hydrogen-bond acceptors (Lipinski definition) is 6. The summed E-state index contributed by atoms with van der Waals surface area (Å²) in [6.07, 6.45) is 14.0. The van der Waals surface area contributed by atoms with Crippen molar-refractivity contribution in [2.24, 2.45) is 23.2 Å². The number of carbonyl (C=O) groups is 2. The van der Waals surface area contributed by atoms with E-state index in [1.54, 1.807) is 12.2 Å². The van der Waals surface area contributed by atoms with Crippen LogP contribution in [0.15, 0.2) is 49.1 Å². The fraction of sp³-hybridized carbons (Fsp3) is 0.744. The molecule has 1 aliphatic heterocycles. The van der Waals surface area contributed by atoms with E-state index in [4.69, 9.17) is 18.3 Å². The predicted octanol–water partition coefficient (Wildman–Crippen LogP) is 10.1. The minimum absolute atomic E-state index is 0.0356. The second-order valence-electron chi connectivity index (χ2n) is 17.8. The van der Waals surface area contributed by atoms with E-state index in [0.29, 0.717) is 25.7 Å². The van der Waals surface area contributed by atoms with Gasteiger partial charge >= 0.3 is 11.9 Å². The van der Waals surface area contributed by atoms with Crippen LogP contribution in [0.2, 0.25) is 36.3 Å². The third kappa shape index (κ3) is 9.70. The molecule has 0 aromatic carbocycles. The van der Waals surface area contributed by atoms with E-state index >= 15 is 0 Å². The second-order valence-corrected chi connectivity index (χ2v) is 27.4. The van der Waals surface area contributed by atoms with Crippen LogP contribution in [0.4, 0.5) is 0 Å².